The number of imide groups is 1. The highest BCUT2D eigenvalue weighted by atomic mass is 16.3. The van der Waals surface area contributed by atoms with E-state index in [-0.39, 0.29) is 26.2 Å². The van der Waals surface area contributed by atoms with Crippen LogP contribution in [0, 0.1) is 0 Å². The lowest BCUT2D eigenvalue weighted by Crippen LogP contribution is -2.48. The predicted molar refractivity (Wildman–Crippen MR) is 56.2 cm³/mol. The molecule has 0 saturated heterocycles. The molecule has 0 aliphatic heterocycles. The van der Waals surface area contributed by atoms with Crippen molar-refractivity contribution >= 4 is 17.7 Å². The SMILES string of the molecule is CC(=O)N(CCN)C(=O)C(=O)N(C)CCO. The fraction of sp³-hybridized carbons (Fsp3) is 0.667. The number of hydrogen-bond acceptors (Lipinski definition) is 5. The zero-order valence-corrected chi connectivity index (χ0v) is 9.47. The summed E-state index contributed by atoms with van der Waals surface area (Å²) in [6.45, 7) is 1.09. The van der Waals surface area contributed by atoms with Crippen molar-refractivity contribution in [1.82, 2.24) is 9.80 Å². The van der Waals surface area contributed by atoms with E-state index in [1.807, 2.05) is 0 Å². The number of carbonyl (C=O) groups is 3. The van der Waals surface area contributed by atoms with Gasteiger partial charge >= 0.3 is 11.8 Å². The molecule has 7 nitrogen and oxygen atoms in total. The molecule has 0 aliphatic carbocycles. The minimum absolute atomic E-state index is 0.00682. The molecule has 0 aromatic rings. The summed E-state index contributed by atoms with van der Waals surface area (Å²) in [4.78, 5) is 36.0. The van der Waals surface area contributed by atoms with Crippen molar-refractivity contribution in [2.75, 3.05) is 33.3 Å². The summed E-state index contributed by atoms with van der Waals surface area (Å²) >= 11 is 0. The Morgan fingerprint density at radius 2 is 1.75 bits per heavy atom. The molecular weight excluding hydrogens is 214 g/mol. The van der Waals surface area contributed by atoms with Crippen molar-refractivity contribution in [3.05, 3.63) is 0 Å². The number of likely N-dealkylation sites (N-methyl/N-ethyl adjacent to an activating group) is 1. The average Bonchev–Trinajstić information content (AvgIpc) is 2.23. The van der Waals surface area contributed by atoms with Crippen LogP contribution in [-0.2, 0) is 14.4 Å². The van der Waals surface area contributed by atoms with Crippen LogP contribution in [0.5, 0.6) is 0 Å². The molecule has 0 aromatic heterocycles. The number of amides is 3. The highest BCUT2D eigenvalue weighted by Crippen LogP contribution is 1.95. The summed E-state index contributed by atoms with van der Waals surface area (Å²) in [6.07, 6.45) is 0. The van der Waals surface area contributed by atoms with Crippen LogP contribution < -0.4 is 5.73 Å². The number of nitrogens with two attached hydrogens (primary N) is 1. The van der Waals surface area contributed by atoms with Gasteiger partial charge in [-0.05, 0) is 0 Å². The molecule has 0 atom stereocenters. The molecule has 0 fully saturated rings. The number of rotatable bonds is 4. The summed E-state index contributed by atoms with van der Waals surface area (Å²) in [5.74, 6) is -2.28. The first-order valence-electron chi connectivity index (χ1n) is 4.84. The van der Waals surface area contributed by atoms with Crippen LogP contribution in [0.2, 0.25) is 0 Å². The van der Waals surface area contributed by atoms with E-state index in [1.165, 1.54) is 14.0 Å². The van der Waals surface area contributed by atoms with Crippen molar-refractivity contribution in [1.29, 1.82) is 0 Å². The van der Waals surface area contributed by atoms with Crippen LogP contribution in [-0.4, -0.2) is 65.9 Å². The summed E-state index contributed by atoms with van der Waals surface area (Å²) in [5.41, 5.74) is 5.23. The molecule has 7 heteroatoms. The van der Waals surface area contributed by atoms with Gasteiger partial charge in [-0.25, -0.2) is 0 Å². The molecule has 0 heterocycles. The van der Waals surface area contributed by atoms with Gasteiger partial charge in [-0.15, -0.1) is 0 Å². The Hall–Kier alpha value is -1.47. The fourth-order valence-electron chi connectivity index (χ4n) is 1.06. The minimum Gasteiger partial charge on any atom is -0.395 e. The molecular formula is C9H17N3O4. The number of aliphatic hydroxyl groups excluding tert-OH is 1. The van der Waals surface area contributed by atoms with Crippen LogP contribution in [0.3, 0.4) is 0 Å². The molecule has 3 amide bonds. The zero-order chi connectivity index (χ0) is 12.7. The first-order chi connectivity index (χ1) is 7.45. The molecule has 0 radical (unpaired) electrons. The van der Waals surface area contributed by atoms with Gasteiger partial charge in [0.1, 0.15) is 0 Å². The second-order valence-corrected chi connectivity index (χ2v) is 3.21. The third-order valence-corrected chi connectivity index (χ3v) is 1.94. The first-order valence-corrected chi connectivity index (χ1v) is 4.84. The molecule has 92 valence electrons. The summed E-state index contributed by atoms with van der Waals surface area (Å²) < 4.78 is 0. The van der Waals surface area contributed by atoms with Crippen molar-refractivity contribution in [3.63, 3.8) is 0 Å². The molecule has 16 heavy (non-hydrogen) atoms. The van der Waals surface area contributed by atoms with Crippen molar-refractivity contribution in [2.24, 2.45) is 5.73 Å². The molecule has 0 aliphatic rings. The summed E-state index contributed by atoms with van der Waals surface area (Å²) in [6, 6.07) is 0. The van der Waals surface area contributed by atoms with Crippen LogP contribution >= 0.6 is 0 Å². The van der Waals surface area contributed by atoms with E-state index in [1.54, 1.807) is 0 Å². The van der Waals surface area contributed by atoms with E-state index in [0.717, 1.165) is 9.80 Å². The Morgan fingerprint density at radius 3 is 2.12 bits per heavy atom. The number of hydrogen-bond donors (Lipinski definition) is 2. The quantitative estimate of drug-likeness (QED) is 0.533. The zero-order valence-electron chi connectivity index (χ0n) is 9.47. The predicted octanol–water partition coefficient (Wildman–Crippen LogP) is -2.23. The maximum atomic E-state index is 11.6. The fourth-order valence-corrected chi connectivity index (χ4v) is 1.06. The van der Waals surface area contributed by atoms with Crippen LogP contribution in [0.4, 0.5) is 0 Å². The maximum Gasteiger partial charge on any atom is 0.318 e. The largest absolute Gasteiger partial charge is 0.395 e. The monoisotopic (exact) mass is 231 g/mol. The number of aliphatic hydroxyl groups is 1. The third-order valence-electron chi connectivity index (χ3n) is 1.94. The summed E-state index contributed by atoms with van der Waals surface area (Å²) in [5, 5.41) is 8.61. The number of carbonyl (C=O) groups excluding carboxylic acids is 3. The van der Waals surface area contributed by atoms with E-state index in [9.17, 15) is 14.4 Å². The van der Waals surface area contributed by atoms with Gasteiger partial charge in [0.25, 0.3) is 0 Å². The van der Waals surface area contributed by atoms with E-state index in [4.69, 9.17) is 10.8 Å². The van der Waals surface area contributed by atoms with Crippen LogP contribution in [0.1, 0.15) is 6.92 Å². The Labute approximate surface area is 93.8 Å². The van der Waals surface area contributed by atoms with Crippen LogP contribution in [0.15, 0.2) is 0 Å². The maximum absolute atomic E-state index is 11.6. The average molecular weight is 231 g/mol. The van der Waals surface area contributed by atoms with Crippen molar-refractivity contribution in [3.8, 4) is 0 Å². The smallest absolute Gasteiger partial charge is 0.318 e. The minimum atomic E-state index is -0.922. The van der Waals surface area contributed by atoms with Crippen molar-refractivity contribution in [2.45, 2.75) is 6.92 Å². The second-order valence-electron chi connectivity index (χ2n) is 3.21. The Kier molecular flexibility index (Phi) is 6.28. The van der Waals surface area contributed by atoms with Crippen LogP contribution in [0.25, 0.3) is 0 Å². The Morgan fingerprint density at radius 1 is 1.19 bits per heavy atom. The van der Waals surface area contributed by atoms with E-state index in [0.29, 0.717) is 0 Å². The van der Waals surface area contributed by atoms with Gasteiger partial charge in [-0.3, -0.25) is 19.3 Å². The van der Waals surface area contributed by atoms with E-state index < -0.39 is 17.7 Å². The Bertz CT molecular complexity index is 280. The standard InChI is InChI=1S/C9H17N3O4/c1-7(14)12(4-3-10)9(16)8(15)11(2)5-6-13/h13H,3-6,10H2,1-2H3. The van der Waals surface area contributed by atoms with Gasteiger partial charge in [0.05, 0.1) is 6.61 Å². The molecule has 0 aromatic carbocycles. The highest BCUT2D eigenvalue weighted by Gasteiger charge is 2.26. The lowest BCUT2D eigenvalue weighted by Gasteiger charge is -2.21. The lowest BCUT2D eigenvalue weighted by molar-refractivity contribution is -0.155. The summed E-state index contributed by atoms with van der Waals surface area (Å²) in [7, 11) is 1.37. The number of nitrogens with zero attached hydrogens (tertiary/aromatic N) is 2. The van der Waals surface area contributed by atoms with Gasteiger partial charge in [0.15, 0.2) is 0 Å². The lowest BCUT2D eigenvalue weighted by atomic mass is 10.4. The molecule has 0 rings (SSSR count). The van der Waals surface area contributed by atoms with Crippen molar-refractivity contribution < 1.29 is 19.5 Å². The highest BCUT2D eigenvalue weighted by molar-refractivity contribution is 6.37. The second kappa shape index (κ2) is 6.91. The molecule has 0 bridgehead atoms. The Balaban J connectivity index is 4.61. The first kappa shape index (κ1) is 14.5. The molecule has 3 N–H and O–H groups in total. The molecule has 0 saturated carbocycles. The molecule has 0 spiro atoms. The van der Waals surface area contributed by atoms with Gasteiger partial charge in [0, 0.05) is 33.6 Å². The van der Waals surface area contributed by atoms with Gasteiger partial charge in [-0.1, -0.05) is 0 Å². The topological polar surface area (TPSA) is 104 Å². The van der Waals surface area contributed by atoms with Gasteiger partial charge < -0.3 is 15.7 Å². The van der Waals surface area contributed by atoms with Gasteiger partial charge in [0.2, 0.25) is 5.91 Å². The molecule has 0 unspecified atom stereocenters. The third kappa shape index (κ3) is 3.95. The van der Waals surface area contributed by atoms with Gasteiger partial charge in [-0.2, -0.15) is 0 Å². The van der Waals surface area contributed by atoms with E-state index >= 15 is 0 Å². The van der Waals surface area contributed by atoms with E-state index in [2.05, 4.69) is 0 Å². The normalized spacial score (nSPS) is 9.75.